The molecule has 0 radical (unpaired) electrons. The standard InChI is InChI=1S/C12H23NO/c1-3-4-9-13(2)10-12(11-14)7-5-6-8-12/h11H,3-10H2,1-2H3. The normalized spacial score (nSPS) is 20.2. The van der Waals surface area contributed by atoms with Gasteiger partial charge in [-0.05, 0) is 32.9 Å². The third-order valence-corrected chi connectivity index (χ3v) is 3.33. The quantitative estimate of drug-likeness (QED) is 0.610. The van der Waals surface area contributed by atoms with Crippen LogP contribution in [0.2, 0.25) is 0 Å². The van der Waals surface area contributed by atoms with Crippen LogP contribution in [0.3, 0.4) is 0 Å². The molecule has 0 unspecified atom stereocenters. The Morgan fingerprint density at radius 3 is 2.50 bits per heavy atom. The van der Waals surface area contributed by atoms with Crippen molar-refractivity contribution in [2.24, 2.45) is 5.41 Å². The number of aldehydes is 1. The van der Waals surface area contributed by atoms with Gasteiger partial charge in [0.25, 0.3) is 0 Å². The molecule has 1 aliphatic rings. The zero-order chi connectivity index (χ0) is 10.4. The molecule has 0 aromatic heterocycles. The largest absolute Gasteiger partial charge is 0.305 e. The van der Waals surface area contributed by atoms with Gasteiger partial charge in [-0.2, -0.15) is 0 Å². The van der Waals surface area contributed by atoms with Crippen molar-refractivity contribution in [2.75, 3.05) is 20.1 Å². The van der Waals surface area contributed by atoms with Crippen LogP contribution in [0.5, 0.6) is 0 Å². The Balaban J connectivity index is 2.35. The molecule has 0 aliphatic heterocycles. The van der Waals surface area contributed by atoms with E-state index in [4.69, 9.17) is 0 Å². The first-order chi connectivity index (χ1) is 6.72. The van der Waals surface area contributed by atoms with Gasteiger partial charge in [0.15, 0.2) is 0 Å². The van der Waals surface area contributed by atoms with Crippen LogP contribution in [0.25, 0.3) is 0 Å². The van der Waals surface area contributed by atoms with Gasteiger partial charge in [0.05, 0.1) is 0 Å². The summed E-state index contributed by atoms with van der Waals surface area (Å²) in [5.41, 5.74) is 0.00247. The lowest BCUT2D eigenvalue weighted by molar-refractivity contribution is -0.116. The first-order valence-electron chi connectivity index (χ1n) is 5.87. The monoisotopic (exact) mass is 197 g/mol. The van der Waals surface area contributed by atoms with E-state index < -0.39 is 0 Å². The maximum atomic E-state index is 11.1. The smallest absolute Gasteiger partial charge is 0.127 e. The van der Waals surface area contributed by atoms with Crippen LogP contribution < -0.4 is 0 Å². The molecule has 14 heavy (non-hydrogen) atoms. The number of unbranched alkanes of at least 4 members (excludes halogenated alkanes) is 1. The molecule has 0 aromatic rings. The molecule has 0 bridgehead atoms. The second-order valence-corrected chi connectivity index (χ2v) is 4.78. The summed E-state index contributed by atoms with van der Waals surface area (Å²) in [4.78, 5) is 13.4. The van der Waals surface area contributed by atoms with Gasteiger partial charge in [0.1, 0.15) is 6.29 Å². The first kappa shape index (κ1) is 11.7. The first-order valence-corrected chi connectivity index (χ1v) is 5.87. The molecule has 1 fully saturated rings. The summed E-state index contributed by atoms with van der Waals surface area (Å²) in [5, 5.41) is 0. The van der Waals surface area contributed by atoms with E-state index in [2.05, 4.69) is 18.9 Å². The zero-order valence-corrected chi connectivity index (χ0v) is 9.59. The van der Waals surface area contributed by atoms with Crippen LogP contribution in [-0.2, 0) is 4.79 Å². The molecular formula is C12H23NO. The van der Waals surface area contributed by atoms with E-state index in [9.17, 15) is 4.79 Å². The minimum absolute atomic E-state index is 0.00247. The molecular weight excluding hydrogens is 174 g/mol. The van der Waals surface area contributed by atoms with Crippen molar-refractivity contribution in [3.63, 3.8) is 0 Å². The van der Waals surface area contributed by atoms with Crippen LogP contribution in [0, 0.1) is 5.41 Å². The van der Waals surface area contributed by atoms with Crippen LogP contribution in [0.4, 0.5) is 0 Å². The lowest BCUT2D eigenvalue weighted by Gasteiger charge is -2.28. The van der Waals surface area contributed by atoms with E-state index in [1.54, 1.807) is 0 Å². The average molecular weight is 197 g/mol. The number of hydrogen-bond donors (Lipinski definition) is 0. The Hall–Kier alpha value is -0.370. The van der Waals surface area contributed by atoms with Crippen molar-refractivity contribution in [1.82, 2.24) is 4.90 Å². The molecule has 1 rings (SSSR count). The van der Waals surface area contributed by atoms with E-state index in [0.717, 1.165) is 25.9 Å². The van der Waals surface area contributed by atoms with E-state index >= 15 is 0 Å². The van der Waals surface area contributed by atoms with Gasteiger partial charge in [0, 0.05) is 12.0 Å². The summed E-state index contributed by atoms with van der Waals surface area (Å²) < 4.78 is 0. The molecule has 0 spiro atoms. The molecule has 0 atom stereocenters. The van der Waals surface area contributed by atoms with Gasteiger partial charge in [-0.1, -0.05) is 26.2 Å². The minimum Gasteiger partial charge on any atom is -0.305 e. The van der Waals surface area contributed by atoms with Gasteiger partial charge in [-0.3, -0.25) is 0 Å². The van der Waals surface area contributed by atoms with Crippen molar-refractivity contribution in [3.8, 4) is 0 Å². The summed E-state index contributed by atoms with van der Waals surface area (Å²) in [5.74, 6) is 0. The van der Waals surface area contributed by atoms with Gasteiger partial charge in [0.2, 0.25) is 0 Å². The van der Waals surface area contributed by atoms with Crippen LogP contribution >= 0.6 is 0 Å². The maximum absolute atomic E-state index is 11.1. The van der Waals surface area contributed by atoms with Gasteiger partial charge in [-0.15, -0.1) is 0 Å². The Morgan fingerprint density at radius 2 is 2.00 bits per heavy atom. The van der Waals surface area contributed by atoms with E-state index in [1.807, 2.05) is 0 Å². The maximum Gasteiger partial charge on any atom is 0.127 e. The molecule has 1 aliphatic carbocycles. The molecule has 0 N–H and O–H groups in total. The molecule has 2 nitrogen and oxygen atoms in total. The Bertz CT molecular complexity index is 173. The highest BCUT2D eigenvalue weighted by atomic mass is 16.1. The third-order valence-electron chi connectivity index (χ3n) is 3.33. The summed E-state index contributed by atoms with van der Waals surface area (Å²) in [6.45, 7) is 4.31. The van der Waals surface area contributed by atoms with Crippen LogP contribution in [0.1, 0.15) is 45.4 Å². The molecule has 0 aromatic carbocycles. The van der Waals surface area contributed by atoms with Crippen LogP contribution in [-0.4, -0.2) is 31.3 Å². The highest BCUT2D eigenvalue weighted by Crippen LogP contribution is 2.36. The topological polar surface area (TPSA) is 20.3 Å². The number of hydrogen-bond acceptors (Lipinski definition) is 2. The second kappa shape index (κ2) is 5.50. The van der Waals surface area contributed by atoms with Crippen molar-refractivity contribution < 1.29 is 4.79 Å². The fourth-order valence-electron chi connectivity index (χ4n) is 2.44. The fraction of sp³-hybridized carbons (Fsp3) is 0.917. The Labute approximate surface area is 87.7 Å². The minimum atomic E-state index is 0.00247. The lowest BCUT2D eigenvalue weighted by Crippen LogP contribution is -2.35. The van der Waals surface area contributed by atoms with Gasteiger partial charge >= 0.3 is 0 Å². The third kappa shape index (κ3) is 3.09. The molecule has 0 heterocycles. The molecule has 0 amide bonds. The number of carbonyl (C=O) groups is 1. The Kier molecular flexibility index (Phi) is 4.59. The number of rotatable bonds is 6. The number of carbonyl (C=O) groups excluding carboxylic acids is 1. The number of nitrogens with zero attached hydrogens (tertiary/aromatic N) is 1. The summed E-state index contributed by atoms with van der Waals surface area (Å²) in [6, 6.07) is 0. The summed E-state index contributed by atoms with van der Waals surface area (Å²) in [7, 11) is 2.14. The van der Waals surface area contributed by atoms with Gasteiger partial charge < -0.3 is 9.69 Å². The van der Waals surface area contributed by atoms with Crippen molar-refractivity contribution >= 4 is 6.29 Å². The lowest BCUT2D eigenvalue weighted by atomic mass is 9.87. The molecule has 1 saturated carbocycles. The highest BCUT2D eigenvalue weighted by Gasteiger charge is 2.34. The molecule has 2 heteroatoms. The predicted octanol–water partition coefficient (Wildman–Crippen LogP) is 2.48. The average Bonchev–Trinajstić information content (AvgIpc) is 2.64. The predicted molar refractivity (Wildman–Crippen MR) is 59.4 cm³/mol. The molecule has 82 valence electrons. The fourth-order valence-corrected chi connectivity index (χ4v) is 2.44. The van der Waals surface area contributed by atoms with E-state index in [0.29, 0.717) is 0 Å². The molecule has 0 saturated heterocycles. The van der Waals surface area contributed by atoms with E-state index in [1.165, 1.54) is 32.0 Å². The van der Waals surface area contributed by atoms with E-state index in [-0.39, 0.29) is 5.41 Å². The zero-order valence-electron chi connectivity index (χ0n) is 9.59. The Morgan fingerprint density at radius 1 is 1.36 bits per heavy atom. The highest BCUT2D eigenvalue weighted by molar-refractivity contribution is 5.60. The van der Waals surface area contributed by atoms with Gasteiger partial charge in [-0.25, -0.2) is 0 Å². The van der Waals surface area contributed by atoms with Crippen LogP contribution in [0.15, 0.2) is 0 Å². The summed E-state index contributed by atoms with van der Waals surface area (Å²) in [6.07, 6.45) is 8.37. The SMILES string of the molecule is CCCCN(C)CC1(C=O)CCCC1. The van der Waals surface area contributed by atoms with Crippen molar-refractivity contribution in [3.05, 3.63) is 0 Å². The van der Waals surface area contributed by atoms with Crippen molar-refractivity contribution in [2.45, 2.75) is 45.4 Å². The summed E-state index contributed by atoms with van der Waals surface area (Å²) >= 11 is 0. The van der Waals surface area contributed by atoms with Crippen molar-refractivity contribution in [1.29, 1.82) is 0 Å². The second-order valence-electron chi connectivity index (χ2n) is 4.78.